The summed E-state index contributed by atoms with van der Waals surface area (Å²) in [5.41, 5.74) is 1.47. The Bertz CT molecular complexity index is 302. The predicted molar refractivity (Wildman–Crippen MR) is 101 cm³/mol. The molecule has 0 aromatic heterocycles. The summed E-state index contributed by atoms with van der Waals surface area (Å²) in [6.07, 6.45) is 13.2. The summed E-state index contributed by atoms with van der Waals surface area (Å²) < 4.78 is 13.5. The third-order valence-corrected chi connectivity index (χ3v) is 10.7. The maximum atomic E-state index is 6.77. The Balaban J connectivity index is 2.23. The molecule has 0 bridgehead atoms. The Morgan fingerprint density at radius 3 is 1.52 bits per heavy atom. The van der Waals surface area contributed by atoms with Crippen LogP contribution in [-0.2, 0) is 8.85 Å². The van der Waals surface area contributed by atoms with Crippen molar-refractivity contribution >= 4 is 8.56 Å². The first-order valence-electron chi connectivity index (χ1n) is 10.4. The van der Waals surface area contributed by atoms with Crippen LogP contribution in [0.3, 0.4) is 0 Å². The van der Waals surface area contributed by atoms with Gasteiger partial charge in [0.05, 0.1) is 0 Å². The van der Waals surface area contributed by atoms with Gasteiger partial charge in [-0.15, -0.1) is 0 Å². The molecule has 4 unspecified atom stereocenters. The molecule has 2 aliphatic carbocycles. The lowest BCUT2D eigenvalue weighted by molar-refractivity contribution is 0.126. The van der Waals surface area contributed by atoms with E-state index < -0.39 is 8.56 Å². The summed E-state index contributed by atoms with van der Waals surface area (Å²) >= 11 is 0. The fourth-order valence-corrected chi connectivity index (χ4v) is 10.4. The molecule has 0 spiro atoms. The average Bonchev–Trinajstić information content (AvgIpc) is 2.55. The van der Waals surface area contributed by atoms with Crippen molar-refractivity contribution in [1.82, 2.24) is 0 Å². The van der Waals surface area contributed by atoms with Crippen LogP contribution >= 0.6 is 0 Å². The van der Waals surface area contributed by atoms with Crippen molar-refractivity contribution < 1.29 is 8.85 Å². The Morgan fingerprint density at radius 2 is 1.17 bits per heavy atom. The summed E-state index contributed by atoms with van der Waals surface area (Å²) in [5, 5.41) is 0. The Hall–Kier alpha value is 0.137. The highest BCUT2D eigenvalue weighted by Crippen LogP contribution is 2.51. The number of hydrogen-bond acceptors (Lipinski definition) is 2. The molecule has 23 heavy (non-hydrogen) atoms. The first-order valence-corrected chi connectivity index (χ1v) is 12.4. The number of rotatable bonds is 8. The van der Waals surface area contributed by atoms with Gasteiger partial charge < -0.3 is 8.85 Å². The largest absolute Gasteiger partial charge is 0.394 e. The second kappa shape index (κ2) is 9.58. The monoisotopic (exact) mass is 340 g/mol. The lowest BCUT2D eigenvalue weighted by Crippen LogP contribution is -2.53. The van der Waals surface area contributed by atoms with Gasteiger partial charge in [-0.25, -0.2) is 0 Å². The maximum Gasteiger partial charge on any atom is 0.344 e. The molecule has 2 saturated carbocycles. The molecule has 0 aromatic carbocycles. The van der Waals surface area contributed by atoms with Gasteiger partial charge in [-0.3, -0.25) is 0 Å². The Labute approximate surface area is 146 Å². The zero-order chi connectivity index (χ0) is 16.7. The van der Waals surface area contributed by atoms with Gasteiger partial charge in [0.2, 0.25) is 0 Å². The molecule has 0 N–H and O–H groups in total. The molecular weight excluding hydrogens is 300 g/mol. The second-order valence-corrected chi connectivity index (χ2v) is 12.0. The highest BCUT2D eigenvalue weighted by molar-refractivity contribution is 6.70. The average molecular weight is 341 g/mol. The standard InChI is InChI=1S/C20H40O2Si/c1-5-13-21-23(22-14-6-2,19-11-7-9-17(3)15-19)20-12-8-10-18(4)16-20/h17-20H,5-16H2,1-4H3. The van der Waals surface area contributed by atoms with Gasteiger partial charge in [0.25, 0.3) is 0 Å². The molecule has 3 heteroatoms. The van der Waals surface area contributed by atoms with E-state index in [-0.39, 0.29) is 0 Å². The van der Waals surface area contributed by atoms with Gasteiger partial charge in [0.15, 0.2) is 0 Å². The third-order valence-electron chi connectivity index (χ3n) is 6.07. The van der Waals surface area contributed by atoms with Gasteiger partial charge >= 0.3 is 8.56 Å². The van der Waals surface area contributed by atoms with Crippen LogP contribution in [0.1, 0.15) is 91.9 Å². The van der Waals surface area contributed by atoms with Crippen LogP contribution in [0.5, 0.6) is 0 Å². The van der Waals surface area contributed by atoms with Crippen molar-refractivity contribution in [2.45, 2.75) is 103 Å². The van der Waals surface area contributed by atoms with Crippen LogP contribution in [-0.4, -0.2) is 21.8 Å². The minimum absolute atomic E-state index is 0.736. The maximum absolute atomic E-state index is 6.77. The molecule has 2 fully saturated rings. The fourth-order valence-electron chi connectivity index (χ4n) is 4.97. The normalized spacial score (nSPS) is 32.9. The minimum Gasteiger partial charge on any atom is -0.394 e. The lowest BCUT2D eigenvalue weighted by Gasteiger charge is -2.47. The summed E-state index contributed by atoms with van der Waals surface area (Å²) in [4.78, 5) is 0. The topological polar surface area (TPSA) is 18.5 Å². The van der Waals surface area contributed by atoms with Crippen LogP contribution in [0.15, 0.2) is 0 Å². The van der Waals surface area contributed by atoms with Crippen molar-refractivity contribution in [1.29, 1.82) is 0 Å². The first kappa shape index (κ1) is 19.5. The molecular formula is C20H40O2Si. The SMILES string of the molecule is CCCO[Si](OCCC)(C1CCCC(C)C1)C1CCCC(C)C1. The van der Waals surface area contributed by atoms with E-state index in [0.29, 0.717) is 0 Å². The van der Waals surface area contributed by atoms with E-state index in [2.05, 4.69) is 27.7 Å². The van der Waals surface area contributed by atoms with Crippen LogP contribution in [0, 0.1) is 11.8 Å². The first-order chi connectivity index (χ1) is 11.1. The molecule has 4 atom stereocenters. The molecule has 0 saturated heterocycles. The van der Waals surface area contributed by atoms with E-state index in [4.69, 9.17) is 8.85 Å². The van der Waals surface area contributed by atoms with E-state index in [1.165, 1.54) is 51.4 Å². The fraction of sp³-hybridized carbons (Fsp3) is 1.00. The molecule has 2 rings (SSSR count). The lowest BCUT2D eigenvalue weighted by atomic mass is 9.90. The molecule has 0 aromatic rings. The van der Waals surface area contributed by atoms with Crippen LogP contribution < -0.4 is 0 Å². The van der Waals surface area contributed by atoms with Crippen molar-refractivity contribution in [2.24, 2.45) is 11.8 Å². The smallest absolute Gasteiger partial charge is 0.344 e. The van der Waals surface area contributed by atoms with Crippen molar-refractivity contribution in [3.05, 3.63) is 0 Å². The third kappa shape index (κ3) is 5.06. The predicted octanol–water partition coefficient (Wildman–Crippen LogP) is 6.44. The van der Waals surface area contributed by atoms with Gasteiger partial charge in [0.1, 0.15) is 0 Å². The molecule has 0 radical (unpaired) electrons. The summed E-state index contributed by atoms with van der Waals surface area (Å²) in [6.45, 7) is 11.2. The van der Waals surface area contributed by atoms with E-state index >= 15 is 0 Å². The second-order valence-electron chi connectivity index (χ2n) is 8.36. The highest BCUT2D eigenvalue weighted by Gasteiger charge is 2.53. The quantitative estimate of drug-likeness (QED) is 0.473. The van der Waals surface area contributed by atoms with E-state index in [0.717, 1.165) is 49.0 Å². The summed E-state index contributed by atoms with van der Waals surface area (Å²) in [6, 6.07) is 0. The van der Waals surface area contributed by atoms with Crippen molar-refractivity contribution in [3.63, 3.8) is 0 Å². The van der Waals surface area contributed by atoms with Gasteiger partial charge in [-0.1, -0.05) is 53.4 Å². The molecule has 0 amide bonds. The van der Waals surface area contributed by atoms with Gasteiger partial charge in [-0.05, 0) is 50.4 Å². The van der Waals surface area contributed by atoms with Gasteiger partial charge in [0, 0.05) is 24.3 Å². The van der Waals surface area contributed by atoms with Crippen LogP contribution in [0.4, 0.5) is 0 Å². The van der Waals surface area contributed by atoms with Crippen molar-refractivity contribution in [2.75, 3.05) is 13.2 Å². The molecule has 136 valence electrons. The van der Waals surface area contributed by atoms with Gasteiger partial charge in [-0.2, -0.15) is 0 Å². The Kier molecular flexibility index (Phi) is 8.10. The zero-order valence-electron chi connectivity index (χ0n) is 16.1. The molecule has 2 aliphatic rings. The zero-order valence-corrected chi connectivity index (χ0v) is 17.1. The van der Waals surface area contributed by atoms with E-state index in [1.54, 1.807) is 0 Å². The minimum atomic E-state index is -2.12. The highest BCUT2D eigenvalue weighted by atomic mass is 28.4. The number of hydrogen-bond donors (Lipinski definition) is 0. The molecule has 0 aliphatic heterocycles. The van der Waals surface area contributed by atoms with E-state index in [1.807, 2.05) is 0 Å². The Morgan fingerprint density at radius 1 is 0.739 bits per heavy atom. The van der Waals surface area contributed by atoms with Crippen LogP contribution in [0.2, 0.25) is 11.1 Å². The van der Waals surface area contributed by atoms with Crippen molar-refractivity contribution in [3.8, 4) is 0 Å². The summed E-state index contributed by atoms with van der Waals surface area (Å²) in [5.74, 6) is 1.72. The van der Waals surface area contributed by atoms with Crippen LogP contribution in [0.25, 0.3) is 0 Å². The van der Waals surface area contributed by atoms with E-state index in [9.17, 15) is 0 Å². The molecule has 0 heterocycles. The summed E-state index contributed by atoms with van der Waals surface area (Å²) in [7, 11) is -2.12. The molecule has 2 nitrogen and oxygen atoms in total.